The van der Waals surface area contributed by atoms with E-state index in [1.807, 2.05) is 6.92 Å². The highest BCUT2D eigenvalue weighted by atomic mass is 32.1. The number of hydrogen-bond donors (Lipinski definition) is 1. The first-order valence-corrected chi connectivity index (χ1v) is 9.60. The summed E-state index contributed by atoms with van der Waals surface area (Å²) in [5.74, 6) is 1.16. The molecule has 0 spiro atoms. The summed E-state index contributed by atoms with van der Waals surface area (Å²) in [7, 11) is 0. The lowest BCUT2D eigenvalue weighted by molar-refractivity contribution is 0.102. The first kappa shape index (κ1) is 16.9. The zero-order valence-corrected chi connectivity index (χ0v) is 15.6. The van der Waals surface area contributed by atoms with Crippen molar-refractivity contribution in [1.29, 1.82) is 0 Å². The molecule has 134 valence electrons. The van der Waals surface area contributed by atoms with E-state index in [1.165, 1.54) is 11.3 Å². The molecule has 1 aliphatic heterocycles. The van der Waals surface area contributed by atoms with Gasteiger partial charge in [-0.1, -0.05) is 6.92 Å². The van der Waals surface area contributed by atoms with E-state index in [4.69, 9.17) is 4.98 Å². The van der Waals surface area contributed by atoms with Crippen LogP contribution in [0.5, 0.6) is 0 Å². The van der Waals surface area contributed by atoms with Crippen LogP contribution in [0.15, 0.2) is 29.2 Å². The fraction of sp³-hybridized carbons (Fsp3) is 0.368. The standard InChI is InChI=1S/C19H20N4O2S/c1-11-3-6-16-21-15-9-13(17(24)22-19-20-10-12(2)26-19)4-5-14(15)18(25)23(16)8-7-11/h4-5,9-11H,3,6-8H2,1-2H3,(H,20,22,24). The summed E-state index contributed by atoms with van der Waals surface area (Å²) in [6, 6.07) is 5.07. The van der Waals surface area contributed by atoms with Gasteiger partial charge in [0.1, 0.15) is 5.82 Å². The normalized spacial score (nSPS) is 16.9. The molecule has 6 nitrogen and oxygen atoms in total. The first-order valence-electron chi connectivity index (χ1n) is 8.78. The third kappa shape index (κ3) is 3.14. The minimum atomic E-state index is -0.244. The molecule has 1 unspecified atom stereocenters. The number of aryl methyl sites for hydroxylation is 2. The second-order valence-electron chi connectivity index (χ2n) is 6.88. The van der Waals surface area contributed by atoms with E-state index in [2.05, 4.69) is 17.2 Å². The molecule has 7 heteroatoms. The molecule has 4 rings (SSSR count). The van der Waals surface area contributed by atoms with E-state index in [0.717, 1.165) is 30.0 Å². The highest BCUT2D eigenvalue weighted by molar-refractivity contribution is 7.15. The summed E-state index contributed by atoms with van der Waals surface area (Å²) in [4.78, 5) is 35.2. The fourth-order valence-electron chi connectivity index (χ4n) is 3.28. The van der Waals surface area contributed by atoms with Crippen LogP contribution >= 0.6 is 11.3 Å². The van der Waals surface area contributed by atoms with Crippen molar-refractivity contribution < 1.29 is 4.79 Å². The van der Waals surface area contributed by atoms with Gasteiger partial charge in [-0.2, -0.15) is 0 Å². The molecule has 1 aromatic carbocycles. The molecule has 0 aliphatic carbocycles. The molecule has 0 saturated heterocycles. The Bertz CT molecular complexity index is 1050. The van der Waals surface area contributed by atoms with Crippen LogP contribution in [0, 0.1) is 12.8 Å². The van der Waals surface area contributed by atoms with Crippen LogP contribution in [0.1, 0.15) is 40.8 Å². The zero-order valence-electron chi connectivity index (χ0n) is 14.8. The van der Waals surface area contributed by atoms with Crippen LogP contribution in [-0.4, -0.2) is 20.4 Å². The SMILES string of the molecule is Cc1cnc(NC(=O)c2ccc3c(=O)n4c(nc3c2)CCC(C)CC4)s1. The largest absolute Gasteiger partial charge is 0.298 e. The van der Waals surface area contributed by atoms with Gasteiger partial charge in [0.2, 0.25) is 0 Å². The van der Waals surface area contributed by atoms with E-state index < -0.39 is 0 Å². The lowest BCUT2D eigenvalue weighted by atomic mass is 10.0. The molecule has 1 amide bonds. The molecule has 0 radical (unpaired) electrons. The molecule has 2 aromatic heterocycles. The number of amides is 1. The zero-order chi connectivity index (χ0) is 18.3. The van der Waals surface area contributed by atoms with Gasteiger partial charge in [-0.3, -0.25) is 19.5 Å². The Morgan fingerprint density at radius 2 is 2.19 bits per heavy atom. The molecule has 3 heterocycles. The predicted octanol–water partition coefficient (Wildman–Crippen LogP) is 3.39. The number of thiazole rings is 1. The van der Waals surface area contributed by atoms with E-state index in [0.29, 0.717) is 34.1 Å². The molecular weight excluding hydrogens is 348 g/mol. The lowest BCUT2D eigenvalue weighted by Crippen LogP contribution is -2.24. The maximum atomic E-state index is 12.8. The van der Waals surface area contributed by atoms with Crippen molar-refractivity contribution in [2.24, 2.45) is 5.92 Å². The fourth-order valence-corrected chi connectivity index (χ4v) is 3.94. The monoisotopic (exact) mass is 368 g/mol. The van der Waals surface area contributed by atoms with Crippen molar-refractivity contribution in [2.75, 3.05) is 5.32 Å². The van der Waals surface area contributed by atoms with Crippen LogP contribution < -0.4 is 10.9 Å². The van der Waals surface area contributed by atoms with Gasteiger partial charge in [-0.05, 0) is 43.9 Å². The minimum Gasteiger partial charge on any atom is -0.298 e. The second-order valence-corrected chi connectivity index (χ2v) is 8.11. The number of nitrogens with zero attached hydrogens (tertiary/aromatic N) is 3. The highest BCUT2D eigenvalue weighted by Crippen LogP contribution is 2.21. The molecule has 0 fully saturated rings. The molecule has 3 aromatic rings. The van der Waals surface area contributed by atoms with Crippen LogP contribution in [0.4, 0.5) is 5.13 Å². The number of benzene rings is 1. The number of carbonyl (C=O) groups excluding carboxylic acids is 1. The van der Waals surface area contributed by atoms with Crippen molar-refractivity contribution in [3.05, 3.63) is 51.0 Å². The molecule has 1 N–H and O–H groups in total. The van der Waals surface area contributed by atoms with Gasteiger partial charge in [0.15, 0.2) is 5.13 Å². The van der Waals surface area contributed by atoms with Crippen molar-refractivity contribution in [3.63, 3.8) is 0 Å². The maximum absolute atomic E-state index is 12.8. The lowest BCUT2D eigenvalue weighted by Gasteiger charge is -2.10. The third-order valence-corrected chi connectivity index (χ3v) is 5.67. The summed E-state index contributed by atoms with van der Waals surface area (Å²) in [5, 5.41) is 3.92. The average molecular weight is 368 g/mol. The Morgan fingerprint density at radius 3 is 2.96 bits per heavy atom. The van der Waals surface area contributed by atoms with Crippen LogP contribution in [-0.2, 0) is 13.0 Å². The number of nitrogens with one attached hydrogen (secondary N) is 1. The number of carbonyl (C=O) groups is 1. The third-order valence-electron chi connectivity index (χ3n) is 4.84. The summed E-state index contributed by atoms with van der Waals surface area (Å²) >= 11 is 1.43. The minimum absolute atomic E-state index is 0.0124. The van der Waals surface area contributed by atoms with Crippen LogP contribution in [0.3, 0.4) is 0 Å². The summed E-state index contributed by atoms with van der Waals surface area (Å²) in [6.45, 7) is 4.86. The number of aromatic nitrogens is 3. The number of hydrogen-bond acceptors (Lipinski definition) is 5. The van der Waals surface area contributed by atoms with Crippen molar-refractivity contribution in [2.45, 2.75) is 39.7 Å². The van der Waals surface area contributed by atoms with E-state index in [-0.39, 0.29) is 11.5 Å². The predicted molar refractivity (Wildman–Crippen MR) is 103 cm³/mol. The number of rotatable bonds is 2. The summed E-state index contributed by atoms with van der Waals surface area (Å²) in [5.41, 5.74) is 1.05. The van der Waals surface area contributed by atoms with Gasteiger partial charge < -0.3 is 0 Å². The number of anilines is 1. The van der Waals surface area contributed by atoms with Crippen LogP contribution in [0.2, 0.25) is 0 Å². The first-order chi connectivity index (χ1) is 12.5. The molecular formula is C19H20N4O2S. The molecule has 1 atom stereocenters. The molecule has 0 saturated carbocycles. The van der Waals surface area contributed by atoms with E-state index in [9.17, 15) is 9.59 Å². The Kier molecular flexibility index (Phi) is 4.32. The van der Waals surface area contributed by atoms with Crippen molar-refractivity contribution in [1.82, 2.24) is 14.5 Å². The Labute approximate surface area is 154 Å². The molecule has 26 heavy (non-hydrogen) atoms. The topological polar surface area (TPSA) is 76.9 Å². The number of fused-ring (bicyclic) bond motifs is 2. The van der Waals surface area contributed by atoms with Gasteiger partial charge in [-0.25, -0.2) is 9.97 Å². The van der Waals surface area contributed by atoms with Gasteiger partial charge in [0.25, 0.3) is 11.5 Å². The van der Waals surface area contributed by atoms with Gasteiger partial charge in [-0.15, -0.1) is 11.3 Å². The van der Waals surface area contributed by atoms with Gasteiger partial charge in [0, 0.05) is 29.6 Å². The summed E-state index contributed by atoms with van der Waals surface area (Å²) < 4.78 is 1.80. The summed E-state index contributed by atoms with van der Waals surface area (Å²) in [6.07, 6.45) is 4.54. The molecule has 1 aliphatic rings. The van der Waals surface area contributed by atoms with Gasteiger partial charge in [0.05, 0.1) is 10.9 Å². The quantitative estimate of drug-likeness (QED) is 0.752. The Morgan fingerprint density at radius 1 is 1.35 bits per heavy atom. The van der Waals surface area contributed by atoms with Crippen molar-refractivity contribution >= 4 is 33.3 Å². The Hall–Kier alpha value is -2.54. The smallest absolute Gasteiger partial charge is 0.261 e. The maximum Gasteiger partial charge on any atom is 0.261 e. The van der Waals surface area contributed by atoms with E-state index >= 15 is 0 Å². The van der Waals surface area contributed by atoms with E-state index in [1.54, 1.807) is 29.0 Å². The van der Waals surface area contributed by atoms with Crippen LogP contribution in [0.25, 0.3) is 10.9 Å². The Balaban J connectivity index is 1.71. The van der Waals surface area contributed by atoms with Gasteiger partial charge >= 0.3 is 0 Å². The van der Waals surface area contributed by atoms with Crippen molar-refractivity contribution in [3.8, 4) is 0 Å². The highest BCUT2D eigenvalue weighted by Gasteiger charge is 2.18. The second kappa shape index (κ2) is 6.64. The molecule has 0 bridgehead atoms. The average Bonchev–Trinajstić information content (AvgIpc) is 2.93.